The van der Waals surface area contributed by atoms with Gasteiger partial charge in [-0.15, -0.1) is 0 Å². The fourth-order valence-electron chi connectivity index (χ4n) is 3.53. The topological polar surface area (TPSA) is 66.8 Å². The molecule has 1 saturated heterocycles. The van der Waals surface area contributed by atoms with Crippen LogP contribution in [0.5, 0.6) is 0 Å². The lowest BCUT2D eigenvalue weighted by Gasteiger charge is -2.32. The number of rotatable bonds is 6. The molecule has 0 aromatic heterocycles. The molecule has 1 heterocycles. The van der Waals surface area contributed by atoms with Gasteiger partial charge in [-0.05, 0) is 30.2 Å². The Morgan fingerprint density at radius 2 is 1.91 bits per heavy atom. The second kappa shape index (κ2) is 6.71. The average molecular weight is 317 g/mol. The Bertz CT molecular complexity index is 564. The first-order chi connectivity index (χ1) is 11.1. The molecule has 1 N–H and O–H groups in total. The first-order valence-electron chi connectivity index (χ1n) is 8.23. The van der Waals surface area contributed by atoms with Crippen LogP contribution in [0.15, 0.2) is 30.3 Å². The number of aliphatic carboxylic acids is 1. The zero-order valence-electron chi connectivity index (χ0n) is 13.2. The number of amides is 1. The molecule has 124 valence electrons. The van der Waals surface area contributed by atoms with Crippen molar-refractivity contribution < 1.29 is 19.4 Å². The van der Waals surface area contributed by atoms with E-state index < -0.39 is 5.97 Å². The summed E-state index contributed by atoms with van der Waals surface area (Å²) in [6.45, 7) is 2.31. The van der Waals surface area contributed by atoms with E-state index in [-0.39, 0.29) is 17.2 Å². The van der Waals surface area contributed by atoms with Crippen LogP contribution in [-0.4, -0.2) is 41.6 Å². The molecule has 1 amide bonds. The summed E-state index contributed by atoms with van der Waals surface area (Å²) in [4.78, 5) is 25.1. The number of likely N-dealkylation sites (tertiary alicyclic amines) is 1. The molecule has 1 aliphatic carbocycles. The fourth-order valence-corrected chi connectivity index (χ4v) is 3.53. The van der Waals surface area contributed by atoms with Crippen molar-refractivity contribution >= 4 is 11.9 Å². The largest absolute Gasteiger partial charge is 0.481 e. The van der Waals surface area contributed by atoms with Gasteiger partial charge in [0.1, 0.15) is 0 Å². The van der Waals surface area contributed by atoms with Gasteiger partial charge in [0.2, 0.25) is 5.91 Å². The minimum Gasteiger partial charge on any atom is -0.481 e. The number of benzene rings is 1. The normalized spacial score (nSPS) is 22.1. The molecule has 1 unspecified atom stereocenters. The zero-order valence-corrected chi connectivity index (χ0v) is 13.2. The van der Waals surface area contributed by atoms with Crippen molar-refractivity contribution in [1.82, 2.24) is 4.90 Å². The van der Waals surface area contributed by atoms with Crippen molar-refractivity contribution in [3.8, 4) is 0 Å². The lowest BCUT2D eigenvalue weighted by atomic mass is 9.90. The van der Waals surface area contributed by atoms with E-state index in [0.29, 0.717) is 32.7 Å². The molecule has 2 aliphatic rings. The van der Waals surface area contributed by atoms with Gasteiger partial charge in [0.25, 0.3) is 0 Å². The van der Waals surface area contributed by atoms with Crippen LogP contribution in [0, 0.1) is 11.3 Å². The van der Waals surface area contributed by atoms with Gasteiger partial charge in [-0.1, -0.05) is 30.3 Å². The second-order valence-corrected chi connectivity index (χ2v) is 6.63. The summed E-state index contributed by atoms with van der Waals surface area (Å²) >= 11 is 0. The molecule has 1 saturated carbocycles. The molecule has 1 atom stereocenters. The van der Waals surface area contributed by atoms with E-state index in [1.807, 2.05) is 35.2 Å². The smallest absolute Gasteiger partial charge is 0.307 e. The van der Waals surface area contributed by atoms with Crippen molar-refractivity contribution in [2.45, 2.75) is 32.3 Å². The Morgan fingerprint density at radius 1 is 1.22 bits per heavy atom. The highest BCUT2D eigenvalue weighted by Gasteiger charge is 2.59. The van der Waals surface area contributed by atoms with Crippen LogP contribution >= 0.6 is 0 Å². The molecular weight excluding hydrogens is 294 g/mol. The van der Waals surface area contributed by atoms with Gasteiger partial charge in [0, 0.05) is 13.1 Å². The lowest BCUT2D eigenvalue weighted by Crippen LogP contribution is -2.40. The number of hydrogen-bond acceptors (Lipinski definition) is 3. The summed E-state index contributed by atoms with van der Waals surface area (Å²) in [7, 11) is 0. The molecule has 1 spiro atoms. The first-order valence-corrected chi connectivity index (χ1v) is 8.23. The summed E-state index contributed by atoms with van der Waals surface area (Å²) in [6.07, 6.45) is 2.81. The number of carbonyl (C=O) groups excluding carboxylic acids is 1. The first kappa shape index (κ1) is 16.0. The van der Waals surface area contributed by atoms with Crippen molar-refractivity contribution in [1.29, 1.82) is 0 Å². The number of hydrogen-bond donors (Lipinski definition) is 1. The standard InChI is InChI=1S/C18H23NO4/c20-16(6-11-23-13-14-4-2-1-3-5-14)19-9-7-18(8-10-19)12-15(18)17(21)22/h1-5,15H,6-13H2,(H,21,22). The predicted molar refractivity (Wildman–Crippen MR) is 84.7 cm³/mol. The highest BCUT2D eigenvalue weighted by Crippen LogP contribution is 2.59. The second-order valence-electron chi connectivity index (χ2n) is 6.63. The van der Waals surface area contributed by atoms with E-state index >= 15 is 0 Å². The molecule has 1 aromatic carbocycles. The highest BCUT2D eigenvalue weighted by atomic mass is 16.5. The molecular formula is C18H23NO4. The minimum absolute atomic E-state index is 0.0214. The van der Waals surface area contributed by atoms with Crippen LogP contribution in [0.3, 0.4) is 0 Å². The molecule has 1 aromatic rings. The number of carboxylic acid groups (broad SMARTS) is 1. The van der Waals surface area contributed by atoms with Crippen LogP contribution in [0.2, 0.25) is 0 Å². The van der Waals surface area contributed by atoms with Crippen LogP contribution in [0.1, 0.15) is 31.2 Å². The van der Waals surface area contributed by atoms with Gasteiger partial charge in [0.15, 0.2) is 0 Å². The van der Waals surface area contributed by atoms with Crippen LogP contribution in [0.4, 0.5) is 0 Å². The Balaban J connectivity index is 1.35. The van der Waals surface area contributed by atoms with Crippen LogP contribution in [0.25, 0.3) is 0 Å². The third-order valence-electron chi connectivity index (χ3n) is 5.17. The molecule has 3 rings (SSSR count). The maximum atomic E-state index is 12.2. The third-order valence-corrected chi connectivity index (χ3v) is 5.17. The van der Waals surface area contributed by atoms with Crippen molar-refractivity contribution in [3.63, 3.8) is 0 Å². The molecule has 0 radical (unpaired) electrons. The number of carbonyl (C=O) groups is 2. The maximum absolute atomic E-state index is 12.2. The maximum Gasteiger partial charge on any atom is 0.307 e. The Kier molecular flexibility index (Phi) is 4.66. The van der Waals surface area contributed by atoms with Gasteiger partial charge in [-0.3, -0.25) is 9.59 Å². The van der Waals surface area contributed by atoms with E-state index in [4.69, 9.17) is 9.84 Å². The molecule has 0 bridgehead atoms. The summed E-state index contributed by atoms with van der Waals surface area (Å²) in [5, 5.41) is 9.09. The van der Waals surface area contributed by atoms with Crippen LogP contribution < -0.4 is 0 Å². The van der Waals surface area contributed by atoms with E-state index in [0.717, 1.165) is 24.8 Å². The van der Waals surface area contributed by atoms with Gasteiger partial charge >= 0.3 is 5.97 Å². The van der Waals surface area contributed by atoms with Gasteiger partial charge in [-0.25, -0.2) is 0 Å². The van der Waals surface area contributed by atoms with E-state index in [1.54, 1.807) is 0 Å². The number of nitrogens with zero attached hydrogens (tertiary/aromatic N) is 1. The monoisotopic (exact) mass is 317 g/mol. The third kappa shape index (κ3) is 3.72. The van der Waals surface area contributed by atoms with Gasteiger partial charge in [-0.2, -0.15) is 0 Å². The Labute approximate surface area is 136 Å². The van der Waals surface area contributed by atoms with E-state index in [2.05, 4.69) is 0 Å². The minimum atomic E-state index is -0.681. The Morgan fingerprint density at radius 3 is 2.52 bits per heavy atom. The molecule has 5 heteroatoms. The molecule has 5 nitrogen and oxygen atoms in total. The number of carboxylic acids is 1. The lowest BCUT2D eigenvalue weighted by molar-refractivity contribution is -0.140. The summed E-state index contributed by atoms with van der Waals surface area (Å²) < 4.78 is 5.56. The fraction of sp³-hybridized carbons (Fsp3) is 0.556. The van der Waals surface area contributed by atoms with Crippen LogP contribution in [-0.2, 0) is 20.9 Å². The molecule has 1 aliphatic heterocycles. The summed E-state index contributed by atoms with van der Waals surface area (Å²) in [6, 6.07) is 9.90. The van der Waals surface area contributed by atoms with Crippen molar-refractivity contribution in [2.75, 3.05) is 19.7 Å². The van der Waals surface area contributed by atoms with Crippen molar-refractivity contribution in [3.05, 3.63) is 35.9 Å². The van der Waals surface area contributed by atoms with Gasteiger partial charge in [0.05, 0.1) is 25.6 Å². The highest BCUT2D eigenvalue weighted by molar-refractivity contribution is 5.77. The predicted octanol–water partition coefficient (Wildman–Crippen LogP) is 2.31. The van der Waals surface area contributed by atoms with Gasteiger partial charge < -0.3 is 14.7 Å². The van der Waals surface area contributed by atoms with E-state index in [1.165, 1.54) is 0 Å². The molecule has 23 heavy (non-hydrogen) atoms. The number of ether oxygens (including phenoxy) is 1. The Hall–Kier alpha value is -1.88. The zero-order chi connectivity index (χ0) is 16.3. The molecule has 2 fully saturated rings. The average Bonchev–Trinajstić information content (AvgIpc) is 3.27. The number of piperidine rings is 1. The van der Waals surface area contributed by atoms with Crippen molar-refractivity contribution in [2.24, 2.45) is 11.3 Å². The van der Waals surface area contributed by atoms with E-state index in [9.17, 15) is 9.59 Å². The summed E-state index contributed by atoms with van der Waals surface area (Å²) in [5.41, 5.74) is 1.08. The quantitative estimate of drug-likeness (QED) is 0.818. The SMILES string of the molecule is O=C(O)C1CC12CCN(C(=O)CCOCc1ccccc1)CC2. The summed E-state index contributed by atoms with van der Waals surface area (Å²) in [5.74, 6) is -0.756.